The molecule has 1 heterocycles. The molecular weight excluding hydrogens is 321 g/mol. The standard InChI is InChI=1S/C12H27B3O9/c1-4-16-7-10-19-13-22-14(20-11-8-17-5-2)24-15(23-13)21-12-9-18-6-3/h4-12H2,1-3H3. The molecule has 0 unspecified atom stereocenters. The zero-order valence-electron chi connectivity index (χ0n) is 14.8. The Kier molecular flexibility index (Phi) is 13.8. The third-order valence-electron chi connectivity index (χ3n) is 2.72. The topological polar surface area (TPSA) is 83.1 Å². The maximum Gasteiger partial charge on any atom is 0.615 e. The molecule has 0 atom stereocenters. The van der Waals surface area contributed by atoms with Crippen molar-refractivity contribution in [3.63, 3.8) is 0 Å². The van der Waals surface area contributed by atoms with Crippen molar-refractivity contribution >= 4 is 22.0 Å². The molecule has 0 amide bonds. The fraction of sp³-hybridized carbons (Fsp3) is 1.00. The van der Waals surface area contributed by atoms with Gasteiger partial charge in [-0.05, 0) is 20.8 Å². The highest BCUT2D eigenvalue weighted by atomic mass is 16.9. The van der Waals surface area contributed by atoms with E-state index in [0.29, 0.717) is 59.5 Å². The van der Waals surface area contributed by atoms with Crippen molar-refractivity contribution in [1.29, 1.82) is 0 Å². The summed E-state index contributed by atoms with van der Waals surface area (Å²) in [5.74, 6) is 0. The Morgan fingerprint density at radius 3 is 1.04 bits per heavy atom. The Balaban J connectivity index is 2.33. The molecule has 0 N–H and O–H groups in total. The van der Waals surface area contributed by atoms with E-state index >= 15 is 0 Å². The number of hydrogen-bond donors (Lipinski definition) is 0. The second-order valence-corrected chi connectivity index (χ2v) is 4.48. The van der Waals surface area contributed by atoms with Crippen LogP contribution >= 0.6 is 0 Å². The molecule has 1 fully saturated rings. The highest BCUT2D eigenvalue weighted by Crippen LogP contribution is 2.11. The monoisotopic (exact) mass is 348 g/mol. The Hall–Kier alpha value is -0.165. The predicted molar refractivity (Wildman–Crippen MR) is 87.9 cm³/mol. The van der Waals surface area contributed by atoms with Crippen LogP contribution in [-0.2, 0) is 41.9 Å². The first-order chi connectivity index (χ1) is 11.8. The van der Waals surface area contributed by atoms with Gasteiger partial charge in [0.2, 0.25) is 0 Å². The molecule has 0 bridgehead atoms. The summed E-state index contributed by atoms with van der Waals surface area (Å²) in [4.78, 5) is 0. The Morgan fingerprint density at radius 2 is 0.792 bits per heavy atom. The number of rotatable bonds is 15. The van der Waals surface area contributed by atoms with Gasteiger partial charge in [0, 0.05) is 19.8 Å². The normalized spacial score (nSPS) is 15.4. The fourth-order valence-electron chi connectivity index (χ4n) is 1.65. The van der Waals surface area contributed by atoms with E-state index in [-0.39, 0.29) is 0 Å². The largest absolute Gasteiger partial charge is 0.615 e. The van der Waals surface area contributed by atoms with Crippen LogP contribution in [0.3, 0.4) is 0 Å². The summed E-state index contributed by atoms with van der Waals surface area (Å²) in [7, 11) is -2.89. The zero-order valence-corrected chi connectivity index (χ0v) is 14.8. The average molecular weight is 348 g/mol. The molecule has 0 spiro atoms. The molecule has 0 saturated carbocycles. The van der Waals surface area contributed by atoms with E-state index in [2.05, 4.69) is 0 Å². The minimum absolute atomic E-state index is 0.315. The molecule has 1 saturated heterocycles. The summed E-state index contributed by atoms with van der Waals surface area (Å²) in [5, 5.41) is 0. The molecule has 1 aliphatic rings. The van der Waals surface area contributed by atoms with Gasteiger partial charge in [-0.2, -0.15) is 0 Å². The molecule has 12 heteroatoms. The first-order valence-corrected chi connectivity index (χ1v) is 8.34. The molecule has 0 aliphatic carbocycles. The van der Waals surface area contributed by atoms with Gasteiger partial charge in [0.1, 0.15) is 0 Å². The summed E-state index contributed by atoms with van der Waals surface area (Å²) in [5.41, 5.74) is 0. The number of hydrogen-bond acceptors (Lipinski definition) is 9. The molecule has 0 aromatic carbocycles. The molecule has 0 aromatic heterocycles. The van der Waals surface area contributed by atoms with Crippen LogP contribution in [0.5, 0.6) is 0 Å². The molecule has 0 aromatic rings. The highest BCUT2D eigenvalue weighted by Gasteiger charge is 2.46. The zero-order chi connectivity index (χ0) is 17.5. The van der Waals surface area contributed by atoms with Crippen molar-refractivity contribution in [2.24, 2.45) is 0 Å². The maximum absolute atomic E-state index is 5.43. The van der Waals surface area contributed by atoms with E-state index in [1.807, 2.05) is 20.8 Å². The van der Waals surface area contributed by atoms with Crippen LogP contribution in [0.15, 0.2) is 0 Å². The summed E-state index contributed by atoms with van der Waals surface area (Å²) < 4.78 is 48.1. The summed E-state index contributed by atoms with van der Waals surface area (Å²) in [6.45, 7) is 9.83. The van der Waals surface area contributed by atoms with Gasteiger partial charge in [-0.25, -0.2) is 0 Å². The quantitative estimate of drug-likeness (QED) is 0.304. The van der Waals surface area contributed by atoms with Gasteiger partial charge >= 0.3 is 22.0 Å². The lowest BCUT2D eigenvalue weighted by atomic mass is 9.96. The van der Waals surface area contributed by atoms with Gasteiger partial charge in [0.05, 0.1) is 39.6 Å². The average Bonchev–Trinajstić information content (AvgIpc) is 2.59. The molecule has 0 radical (unpaired) electrons. The molecule has 9 nitrogen and oxygen atoms in total. The molecule has 1 rings (SSSR count). The first kappa shape index (κ1) is 21.9. The van der Waals surface area contributed by atoms with Crippen LogP contribution in [0.4, 0.5) is 0 Å². The lowest BCUT2D eigenvalue weighted by molar-refractivity contribution is 0.0287. The van der Waals surface area contributed by atoms with E-state index < -0.39 is 22.0 Å². The van der Waals surface area contributed by atoms with Crippen molar-refractivity contribution in [2.75, 3.05) is 59.5 Å². The summed E-state index contributed by atoms with van der Waals surface area (Å²) in [6.07, 6.45) is 0. The van der Waals surface area contributed by atoms with Gasteiger partial charge in [0.15, 0.2) is 0 Å². The number of ether oxygens (including phenoxy) is 3. The highest BCUT2D eigenvalue weighted by molar-refractivity contribution is 6.66. The van der Waals surface area contributed by atoms with Crippen molar-refractivity contribution in [3.05, 3.63) is 0 Å². The molecule has 1 aliphatic heterocycles. The molecular formula is C12H27B3O9. The fourth-order valence-corrected chi connectivity index (χ4v) is 1.65. The van der Waals surface area contributed by atoms with Crippen LogP contribution in [0, 0.1) is 0 Å². The first-order valence-electron chi connectivity index (χ1n) is 8.34. The lowest BCUT2D eigenvalue weighted by Crippen LogP contribution is -2.53. The third-order valence-corrected chi connectivity index (χ3v) is 2.72. The smallest absolute Gasteiger partial charge is 0.400 e. The SMILES string of the molecule is CCOCCOB1OB(OCCOCC)OB(OCCOCC)O1. The molecule has 138 valence electrons. The van der Waals surface area contributed by atoms with Crippen LogP contribution in [0.2, 0.25) is 0 Å². The van der Waals surface area contributed by atoms with E-state index in [9.17, 15) is 0 Å². The van der Waals surface area contributed by atoms with Gasteiger partial charge in [-0.15, -0.1) is 0 Å². The maximum atomic E-state index is 5.43. The predicted octanol–water partition coefficient (Wildman–Crippen LogP) is 0.164. The van der Waals surface area contributed by atoms with Crippen molar-refractivity contribution in [1.82, 2.24) is 0 Å². The Morgan fingerprint density at radius 1 is 0.500 bits per heavy atom. The minimum atomic E-state index is -0.964. The second kappa shape index (κ2) is 15.1. The van der Waals surface area contributed by atoms with Gasteiger partial charge in [0.25, 0.3) is 0 Å². The second-order valence-electron chi connectivity index (χ2n) is 4.48. The van der Waals surface area contributed by atoms with Crippen molar-refractivity contribution in [3.8, 4) is 0 Å². The van der Waals surface area contributed by atoms with Crippen LogP contribution < -0.4 is 0 Å². The third kappa shape index (κ3) is 10.6. The van der Waals surface area contributed by atoms with Crippen LogP contribution in [0.1, 0.15) is 20.8 Å². The van der Waals surface area contributed by atoms with Crippen LogP contribution in [-0.4, -0.2) is 81.4 Å². The van der Waals surface area contributed by atoms with Gasteiger partial charge < -0.3 is 41.9 Å². The van der Waals surface area contributed by atoms with Crippen molar-refractivity contribution in [2.45, 2.75) is 20.8 Å². The van der Waals surface area contributed by atoms with Gasteiger partial charge in [-0.3, -0.25) is 0 Å². The van der Waals surface area contributed by atoms with E-state index in [1.165, 1.54) is 0 Å². The molecule has 24 heavy (non-hydrogen) atoms. The van der Waals surface area contributed by atoms with Crippen LogP contribution in [0.25, 0.3) is 0 Å². The summed E-state index contributed by atoms with van der Waals surface area (Å²) >= 11 is 0. The Labute approximate surface area is 145 Å². The van der Waals surface area contributed by atoms with E-state index in [4.69, 9.17) is 41.9 Å². The minimum Gasteiger partial charge on any atom is -0.400 e. The van der Waals surface area contributed by atoms with Crippen molar-refractivity contribution < 1.29 is 41.9 Å². The van der Waals surface area contributed by atoms with E-state index in [0.717, 1.165) is 0 Å². The Bertz CT molecular complexity index is 242. The summed E-state index contributed by atoms with van der Waals surface area (Å²) in [6, 6.07) is 0. The van der Waals surface area contributed by atoms with Gasteiger partial charge in [-0.1, -0.05) is 0 Å². The van der Waals surface area contributed by atoms with E-state index in [1.54, 1.807) is 0 Å². The lowest BCUT2D eigenvalue weighted by Gasteiger charge is -2.28.